The van der Waals surface area contributed by atoms with Crippen molar-refractivity contribution in [3.63, 3.8) is 0 Å². The first kappa shape index (κ1) is 24.7. The molecule has 3 amide bonds. The average Bonchev–Trinajstić information content (AvgIpc) is 3.42. The van der Waals surface area contributed by atoms with E-state index in [0.717, 1.165) is 36.8 Å². The average molecular weight is 490 g/mol. The minimum atomic E-state index is -0.856. The van der Waals surface area contributed by atoms with Crippen molar-refractivity contribution in [2.75, 3.05) is 11.4 Å². The van der Waals surface area contributed by atoms with Crippen molar-refractivity contribution in [1.29, 1.82) is 0 Å². The predicted octanol–water partition coefficient (Wildman–Crippen LogP) is 5.01. The zero-order chi connectivity index (χ0) is 24.6. The Bertz CT molecular complexity index is 1140. The zero-order valence-electron chi connectivity index (χ0n) is 19.9. The molecule has 2 N–H and O–H groups in total. The van der Waals surface area contributed by atoms with Gasteiger partial charge in [-0.2, -0.15) is 0 Å². The fourth-order valence-electron chi connectivity index (χ4n) is 4.57. The lowest BCUT2D eigenvalue weighted by Crippen LogP contribution is -2.49. The van der Waals surface area contributed by atoms with Gasteiger partial charge in [0.1, 0.15) is 6.04 Å². The van der Waals surface area contributed by atoms with E-state index in [4.69, 9.17) is 0 Å². The summed E-state index contributed by atoms with van der Waals surface area (Å²) in [7, 11) is 0. The van der Waals surface area contributed by atoms with Crippen molar-refractivity contribution in [3.8, 4) is 0 Å². The van der Waals surface area contributed by atoms with Gasteiger partial charge < -0.3 is 10.6 Å². The quantitative estimate of drug-likeness (QED) is 0.467. The smallest absolute Gasteiger partial charge is 0.261 e. The van der Waals surface area contributed by atoms with Crippen molar-refractivity contribution in [1.82, 2.24) is 10.6 Å². The van der Waals surface area contributed by atoms with Gasteiger partial charge in [-0.3, -0.25) is 19.3 Å². The number of carbonyl (C=O) groups excluding carboxylic acids is 3. The maximum Gasteiger partial charge on any atom is 0.261 e. The number of nitrogens with one attached hydrogen (secondary N) is 2. The van der Waals surface area contributed by atoms with Crippen LogP contribution in [0.3, 0.4) is 0 Å². The van der Waals surface area contributed by atoms with Crippen LogP contribution < -0.4 is 15.5 Å². The highest BCUT2D eigenvalue weighted by molar-refractivity contribution is 7.12. The minimum absolute atomic E-state index is 0.106. The van der Waals surface area contributed by atoms with Gasteiger partial charge in [-0.05, 0) is 48.4 Å². The molecule has 6 nitrogen and oxygen atoms in total. The van der Waals surface area contributed by atoms with Crippen molar-refractivity contribution in [2.24, 2.45) is 0 Å². The molecule has 2 aromatic carbocycles. The number of amides is 3. The molecule has 1 aromatic heterocycles. The summed E-state index contributed by atoms with van der Waals surface area (Å²) in [4.78, 5) is 42.1. The van der Waals surface area contributed by atoms with E-state index in [1.165, 1.54) is 22.7 Å². The van der Waals surface area contributed by atoms with Crippen molar-refractivity contribution in [2.45, 2.75) is 51.1 Å². The third-order valence-corrected chi connectivity index (χ3v) is 7.23. The highest BCUT2D eigenvalue weighted by Crippen LogP contribution is 2.31. The molecular weight excluding hydrogens is 458 g/mol. The normalized spacial score (nSPS) is 14.7. The van der Waals surface area contributed by atoms with E-state index < -0.39 is 6.04 Å². The van der Waals surface area contributed by atoms with E-state index in [1.807, 2.05) is 66.9 Å². The molecule has 1 atom stereocenters. The van der Waals surface area contributed by atoms with E-state index in [2.05, 4.69) is 10.6 Å². The number of aryl methyl sites for hydroxylation is 1. The Kier molecular flexibility index (Phi) is 8.32. The van der Waals surface area contributed by atoms with Crippen LogP contribution in [-0.2, 0) is 9.59 Å². The molecule has 0 radical (unpaired) electrons. The van der Waals surface area contributed by atoms with Gasteiger partial charge in [-0.25, -0.2) is 0 Å². The third kappa shape index (κ3) is 6.17. The molecule has 35 heavy (non-hydrogen) atoms. The largest absolute Gasteiger partial charge is 0.351 e. The molecular formula is C28H31N3O3S. The van der Waals surface area contributed by atoms with Crippen LogP contribution in [0.4, 0.5) is 5.69 Å². The lowest BCUT2D eigenvalue weighted by atomic mass is 9.94. The number of para-hydroxylation sites is 1. The molecule has 1 fully saturated rings. The number of hydrogen-bond donors (Lipinski definition) is 2. The van der Waals surface area contributed by atoms with Crippen LogP contribution in [-0.4, -0.2) is 30.3 Å². The number of nitrogens with zero attached hydrogens (tertiary/aromatic N) is 1. The first-order valence-electron chi connectivity index (χ1n) is 12.1. The Morgan fingerprint density at radius 2 is 1.66 bits per heavy atom. The number of benzene rings is 2. The SMILES string of the molecule is Cc1ccccc1N(C(=O)CNC(=O)c1cccs1)[C@@H](C(=O)NC1CCCCC1)c1ccccc1. The highest BCUT2D eigenvalue weighted by atomic mass is 32.1. The molecule has 0 unspecified atom stereocenters. The molecule has 0 aliphatic heterocycles. The Balaban J connectivity index is 1.67. The number of thiophene rings is 1. The van der Waals surface area contributed by atoms with Crippen LogP contribution in [0.1, 0.15) is 58.9 Å². The third-order valence-electron chi connectivity index (χ3n) is 6.36. The van der Waals surface area contributed by atoms with Gasteiger partial charge >= 0.3 is 0 Å². The number of anilines is 1. The van der Waals surface area contributed by atoms with E-state index in [9.17, 15) is 14.4 Å². The molecule has 0 spiro atoms. The summed E-state index contributed by atoms with van der Waals surface area (Å²) in [6.45, 7) is 1.70. The van der Waals surface area contributed by atoms with Gasteiger partial charge in [0, 0.05) is 11.7 Å². The van der Waals surface area contributed by atoms with E-state index in [1.54, 1.807) is 12.1 Å². The van der Waals surface area contributed by atoms with Crippen LogP contribution in [0, 0.1) is 6.92 Å². The van der Waals surface area contributed by atoms with Crippen LogP contribution >= 0.6 is 11.3 Å². The van der Waals surface area contributed by atoms with Gasteiger partial charge in [0.25, 0.3) is 5.91 Å². The Hall–Kier alpha value is -3.45. The molecule has 4 rings (SSSR count). The summed E-state index contributed by atoms with van der Waals surface area (Å²) >= 11 is 1.32. The molecule has 1 heterocycles. The molecule has 3 aromatic rings. The maximum atomic E-state index is 13.8. The van der Waals surface area contributed by atoms with Crippen molar-refractivity contribution >= 4 is 34.7 Å². The summed E-state index contributed by atoms with van der Waals surface area (Å²) in [5.74, 6) is -0.859. The highest BCUT2D eigenvalue weighted by Gasteiger charge is 2.34. The second kappa shape index (κ2) is 11.8. The van der Waals surface area contributed by atoms with Gasteiger partial charge in [0.15, 0.2) is 0 Å². The summed E-state index contributed by atoms with van der Waals surface area (Å²) in [6.07, 6.45) is 5.27. The molecule has 1 aliphatic rings. The standard InChI is InChI=1S/C28H31N3O3S/c1-20-11-8-9-16-23(20)31(25(32)19-29-27(33)24-17-10-18-35-24)26(21-12-4-2-5-13-21)28(34)30-22-14-6-3-7-15-22/h2,4-5,8-13,16-18,22,26H,3,6-7,14-15,19H2,1H3,(H,29,33)(H,30,34)/t26-/m1/s1. The second-order valence-electron chi connectivity index (χ2n) is 8.87. The summed E-state index contributed by atoms with van der Waals surface area (Å²) in [6, 6.07) is 19.6. The van der Waals surface area contributed by atoms with Crippen LogP contribution in [0.25, 0.3) is 0 Å². The van der Waals surface area contributed by atoms with Gasteiger partial charge in [0.2, 0.25) is 11.8 Å². The van der Waals surface area contributed by atoms with E-state index >= 15 is 0 Å². The van der Waals surface area contributed by atoms with Gasteiger partial charge in [-0.1, -0.05) is 73.9 Å². The monoisotopic (exact) mass is 489 g/mol. The van der Waals surface area contributed by atoms with Gasteiger partial charge in [0.05, 0.1) is 11.4 Å². The fourth-order valence-corrected chi connectivity index (χ4v) is 5.21. The van der Waals surface area contributed by atoms with Crippen LogP contribution in [0.2, 0.25) is 0 Å². The lowest BCUT2D eigenvalue weighted by Gasteiger charge is -2.34. The Labute approximate surface area is 210 Å². The van der Waals surface area contributed by atoms with Crippen molar-refractivity contribution in [3.05, 3.63) is 88.1 Å². The topological polar surface area (TPSA) is 78.5 Å². The molecule has 7 heteroatoms. The number of hydrogen-bond acceptors (Lipinski definition) is 4. The first-order chi connectivity index (χ1) is 17.0. The van der Waals surface area contributed by atoms with E-state index in [0.29, 0.717) is 10.6 Å². The molecule has 0 saturated heterocycles. The second-order valence-corrected chi connectivity index (χ2v) is 9.81. The summed E-state index contributed by atoms with van der Waals surface area (Å²) in [5.41, 5.74) is 2.24. The maximum absolute atomic E-state index is 13.8. The molecule has 1 aliphatic carbocycles. The van der Waals surface area contributed by atoms with E-state index in [-0.39, 0.29) is 30.3 Å². The summed E-state index contributed by atoms with van der Waals surface area (Å²) in [5, 5.41) is 7.76. The molecule has 1 saturated carbocycles. The van der Waals surface area contributed by atoms with Gasteiger partial charge in [-0.15, -0.1) is 11.3 Å². The van der Waals surface area contributed by atoms with Crippen molar-refractivity contribution < 1.29 is 14.4 Å². The van der Waals surface area contributed by atoms with Crippen LogP contribution in [0.5, 0.6) is 0 Å². The molecule has 182 valence electrons. The number of rotatable bonds is 8. The first-order valence-corrected chi connectivity index (χ1v) is 13.0. The Morgan fingerprint density at radius 1 is 0.943 bits per heavy atom. The summed E-state index contributed by atoms with van der Waals surface area (Å²) < 4.78 is 0. The predicted molar refractivity (Wildman–Crippen MR) is 140 cm³/mol. The number of carbonyl (C=O) groups is 3. The molecule has 0 bridgehead atoms. The Morgan fingerprint density at radius 3 is 2.34 bits per heavy atom. The van der Waals surface area contributed by atoms with Crippen LogP contribution in [0.15, 0.2) is 72.1 Å². The minimum Gasteiger partial charge on any atom is -0.351 e. The lowest BCUT2D eigenvalue weighted by molar-refractivity contribution is -0.127. The zero-order valence-corrected chi connectivity index (χ0v) is 20.7. The fraction of sp³-hybridized carbons (Fsp3) is 0.321.